The minimum Gasteiger partial charge on any atom is -0.389 e. The molecule has 1 heterocycles. The van der Waals surface area contributed by atoms with E-state index in [0.29, 0.717) is 5.92 Å². The van der Waals surface area contributed by atoms with E-state index < -0.39 is 0 Å². The average molecular weight is 337 g/mol. The lowest BCUT2D eigenvalue weighted by Crippen LogP contribution is -1.91. The predicted molar refractivity (Wildman–Crippen MR) is 85.6 cm³/mol. The average Bonchev–Trinajstić information content (AvgIpc) is 3.01. The Kier molecular flexibility index (Phi) is 3.63. The lowest BCUT2D eigenvalue weighted by molar-refractivity contribution is 0.717. The third kappa shape index (κ3) is 2.56. The van der Waals surface area contributed by atoms with Crippen LogP contribution >= 0.6 is 27.3 Å². The van der Waals surface area contributed by atoms with Crippen LogP contribution < -0.4 is 5.73 Å². The number of aromatic nitrogens is 1. The second-order valence-electron chi connectivity index (χ2n) is 5.21. The summed E-state index contributed by atoms with van der Waals surface area (Å²) in [5.74, 6) is 0.634. The smallest absolute Gasteiger partial charge is 0.114 e. The van der Waals surface area contributed by atoms with Crippen LogP contribution in [-0.2, 0) is 0 Å². The zero-order valence-corrected chi connectivity index (χ0v) is 13.4. The molecule has 19 heavy (non-hydrogen) atoms. The summed E-state index contributed by atoms with van der Waals surface area (Å²) in [5, 5.41) is 2.07. The Balaban J connectivity index is 1.97. The van der Waals surface area contributed by atoms with Crippen molar-refractivity contribution in [2.24, 2.45) is 0 Å². The highest BCUT2D eigenvalue weighted by atomic mass is 79.9. The van der Waals surface area contributed by atoms with Crippen LogP contribution in [0.1, 0.15) is 42.2 Å². The van der Waals surface area contributed by atoms with Gasteiger partial charge in [-0.25, -0.2) is 4.98 Å². The third-order valence-electron chi connectivity index (χ3n) is 3.82. The fraction of sp³-hybridized carbons (Fsp3) is 0.400. The Hall–Kier alpha value is -0.870. The van der Waals surface area contributed by atoms with E-state index in [4.69, 9.17) is 10.7 Å². The number of nitrogen functional groups attached to an aromatic ring is 1. The Morgan fingerprint density at radius 3 is 2.74 bits per heavy atom. The summed E-state index contributed by atoms with van der Waals surface area (Å²) in [5.41, 5.74) is 9.46. The zero-order chi connectivity index (χ0) is 13.4. The summed E-state index contributed by atoms with van der Waals surface area (Å²) in [6.45, 7) is 2.09. The van der Waals surface area contributed by atoms with Gasteiger partial charge in [0.05, 0.1) is 5.01 Å². The van der Waals surface area contributed by atoms with Crippen molar-refractivity contribution in [3.8, 4) is 11.3 Å². The molecule has 0 radical (unpaired) electrons. The van der Waals surface area contributed by atoms with Gasteiger partial charge in [0.1, 0.15) is 10.7 Å². The second kappa shape index (κ2) is 5.25. The van der Waals surface area contributed by atoms with Gasteiger partial charge in [-0.05, 0) is 31.4 Å². The summed E-state index contributed by atoms with van der Waals surface area (Å²) < 4.78 is 1.11. The van der Waals surface area contributed by atoms with Crippen molar-refractivity contribution in [2.45, 2.75) is 38.5 Å². The lowest BCUT2D eigenvalue weighted by atomic mass is 10.1. The molecule has 0 saturated heterocycles. The molecule has 1 aliphatic carbocycles. The van der Waals surface area contributed by atoms with Crippen LogP contribution in [0.5, 0.6) is 0 Å². The maximum atomic E-state index is 6.17. The molecule has 2 aromatic rings. The van der Waals surface area contributed by atoms with Crippen LogP contribution in [0.25, 0.3) is 11.3 Å². The number of halogens is 1. The molecule has 0 amide bonds. The highest BCUT2D eigenvalue weighted by Crippen LogP contribution is 2.41. The van der Waals surface area contributed by atoms with Crippen LogP contribution in [0.2, 0.25) is 0 Å². The molecule has 0 bridgehead atoms. The molecule has 1 fully saturated rings. The van der Waals surface area contributed by atoms with Gasteiger partial charge in [0.2, 0.25) is 0 Å². The van der Waals surface area contributed by atoms with Gasteiger partial charge >= 0.3 is 0 Å². The quantitative estimate of drug-likeness (QED) is 0.826. The fourth-order valence-corrected chi connectivity index (χ4v) is 4.05. The monoisotopic (exact) mass is 336 g/mol. The summed E-state index contributed by atoms with van der Waals surface area (Å²) in [6, 6.07) is 6.32. The molecule has 1 aromatic carbocycles. The first-order chi connectivity index (χ1) is 9.15. The summed E-state index contributed by atoms with van der Waals surface area (Å²) >= 11 is 5.24. The first kappa shape index (κ1) is 13.1. The molecule has 0 aliphatic heterocycles. The second-order valence-corrected chi connectivity index (χ2v) is 7.13. The van der Waals surface area contributed by atoms with E-state index in [1.54, 1.807) is 11.3 Å². The minimum atomic E-state index is 0.634. The highest BCUT2D eigenvalue weighted by Gasteiger charge is 2.22. The van der Waals surface area contributed by atoms with Crippen molar-refractivity contribution in [1.29, 1.82) is 0 Å². The topological polar surface area (TPSA) is 38.9 Å². The van der Waals surface area contributed by atoms with Crippen molar-refractivity contribution in [3.05, 3.63) is 33.2 Å². The van der Waals surface area contributed by atoms with Gasteiger partial charge in [-0.15, -0.1) is 11.3 Å². The molecule has 100 valence electrons. The van der Waals surface area contributed by atoms with Gasteiger partial charge in [0.15, 0.2) is 0 Å². The molecule has 2 nitrogen and oxygen atoms in total. The number of anilines is 1. The largest absolute Gasteiger partial charge is 0.389 e. The van der Waals surface area contributed by atoms with Gasteiger partial charge in [-0.2, -0.15) is 0 Å². The van der Waals surface area contributed by atoms with Crippen LogP contribution in [0.15, 0.2) is 22.7 Å². The maximum Gasteiger partial charge on any atom is 0.114 e. The molecule has 0 unspecified atom stereocenters. The normalized spacial score (nSPS) is 16.1. The number of aryl methyl sites for hydroxylation is 1. The van der Waals surface area contributed by atoms with Gasteiger partial charge in [-0.3, -0.25) is 0 Å². The predicted octanol–water partition coefficient (Wildman–Crippen LogP) is 5.12. The number of nitrogens with zero attached hydrogens (tertiary/aromatic N) is 1. The van der Waals surface area contributed by atoms with Crippen LogP contribution in [-0.4, -0.2) is 4.98 Å². The molecule has 0 spiro atoms. The van der Waals surface area contributed by atoms with Crippen LogP contribution in [0.4, 0.5) is 5.00 Å². The third-order valence-corrected chi connectivity index (χ3v) is 5.72. The van der Waals surface area contributed by atoms with E-state index in [2.05, 4.69) is 41.1 Å². The Morgan fingerprint density at radius 2 is 2.05 bits per heavy atom. The highest BCUT2D eigenvalue weighted by molar-refractivity contribution is 9.10. The van der Waals surface area contributed by atoms with E-state index in [-0.39, 0.29) is 0 Å². The number of benzene rings is 1. The molecule has 0 atom stereocenters. The van der Waals surface area contributed by atoms with Crippen LogP contribution in [0, 0.1) is 6.92 Å². The Labute approximate surface area is 126 Å². The van der Waals surface area contributed by atoms with E-state index in [1.807, 2.05) is 0 Å². The maximum absolute atomic E-state index is 6.17. The molecule has 1 aromatic heterocycles. The summed E-state index contributed by atoms with van der Waals surface area (Å²) in [7, 11) is 0. The van der Waals surface area contributed by atoms with Gasteiger partial charge in [-0.1, -0.05) is 40.9 Å². The Bertz CT molecular complexity index is 600. The van der Waals surface area contributed by atoms with Gasteiger partial charge in [0.25, 0.3) is 0 Å². The minimum absolute atomic E-state index is 0.634. The van der Waals surface area contributed by atoms with Crippen molar-refractivity contribution in [2.75, 3.05) is 5.73 Å². The standard InChI is InChI=1S/C15H17BrN2S/c1-9-6-7-11(8-12(9)16)13-14(17)19-15(18-13)10-4-2-3-5-10/h6-8,10H,2-5,17H2,1H3. The number of hydrogen-bond donors (Lipinski definition) is 1. The van der Waals surface area contributed by atoms with Gasteiger partial charge in [0, 0.05) is 16.0 Å². The first-order valence-electron chi connectivity index (χ1n) is 6.68. The zero-order valence-electron chi connectivity index (χ0n) is 10.9. The van der Waals surface area contributed by atoms with Crippen LogP contribution in [0.3, 0.4) is 0 Å². The molecule has 3 rings (SSSR count). The molecule has 2 N–H and O–H groups in total. The van der Waals surface area contributed by atoms with E-state index >= 15 is 0 Å². The summed E-state index contributed by atoms with van der Waals surface area (Å²) in [6.07, 6.45) is 5.19. The van der Waals surface area contributed by atoms with Crippen molar-refractivity contribution >= 4 is 32.3 Å². The first-order valence-corrected chi connectivity index (χ1v) is 8.29. The molecule has 4 heteroatoms. The van der Waals surface area contributed by atoms with E-state index in [1.165, 1.54) is 36.3 Å². The number of thiazole rings is 1. The number of hydrogen-bond acceptors (Lipinski definition) is 3. The van der Waals surface area contributed by atoms with Crippen molar-refractivity contribution in [3.63, 3.8) is 0 Å². The SMILES string of the molecule is Cc1ccc(-c2nc(C3CCCC3)sc2N)cc1Br. The van der Waals surface area contributed by atoms with Gasteiger partial charge < -0.3 is 5.73 Å². The molecular formula is C15H17BrN2S. The molecule has 1 saturated carbocycles. The molecule has 1 aliphatic rings. The van der Waals surface area contributed by atoms with Crippen molar-refractivity contribution < 1.29 is 0 Å². The van der Waals surface area contributed by atoms with Crippen molar-refractivity contribution in [1.82, 2.24) is 4.98 Å². The van der Waals surface area contributed by atoms with E-state index in [9.17, 15) is 0 Å². The lowest BCUT2D eigenvalue weighted by Gasteiger charge is -2.04. The Morgan fingerprint density at radius 1 is 1.32 bits per heavy atom. The summed E-state index contributed by atoms with van der Waals surface area (Å²) in [4.78, 5) is 4.81. The molecular weight excluding hydrogens is 320 g/mol. The number of nitrogens with two attached hydrogens (primary N) is 1. The van der Waals surface area contributed by atoms with E-state index in [0.717, 1.165) is 20.7 Å². The fourth-order valence-electron chi connectivity index (χ4n) is 2.64. The number of rotatable bonds is 2.